The van der Waals surface area contributed by atoms with Crippen molar-refractivity contribution in [3.63, 3.8) is 0 Å². The molecule has 14 heavy (non-hydrogen) atoms. The number of nitrogens with one attached hydrogen (secondary N) is 1. The Hall–Kier alpha value is -0.0800. The first-order valence-electron chi connectivity index (χ1n) is 6.20. The van der Waals surface area contributed by atoms with Gasteiger partial charge in [-0.25, -0.2) is 0 Å². The van der Waals surface area contributed by atoms with E-state index in [2.05, 4.69) is 12.2 Å². The molecule has 1 saturated heterocycles. The van der Waals surface area contributed by atoms with E-state index in [9.17, 15) is 5.11 Å². The van der Waals surface area contributed by atoms with Crippen molar-refractivity contribution in [1.29, 1.82) is 0 Å². The maximum Gasteiger partial charge on any atom is 0.0783 e. The maximum atomic E-state index is 9.76. The molecule has 1 fully saturated rings. The van der Waals surface area contributed by atoms with Crippen LogP contribution in [0.2, 0.25) is 0 Å². The molecule has 2 nitrogen and oxygen atoms in total. The minimum Gasteiger partial charge on any atom is -0.389 e. The van der Waals surface area contributed by atoms with Crippen molar-refractivity contribution < 1.29 is 5.11 Å². The molecular formula is C12H29NO. The summed E-state index contributed by atoms with van der Waals surface area (Å²) in [5, 5.41) is 12.9. The molecule has 0 aromatic carbocycles. The third kappa shape index (κ3) is 7.34. The van der Waals surface area contributed by atoms with E-state index in [0.717, 1.165) is 32.4 Å². The fourth-order valence-electron chi connectivity index (χ4n) is 1.45. The second kappa shape index (κ2) is 11.0. The zero-order chi connectivity index (χ0) is 11.4. The largest absolute Gasteiger partial charge is 0.389 e. The first-order chi connectivity index (χ1) is 6.77. The lowest BCUT2D eigenvalue weighted by molar-refractivity contribution is 0.0500. The first kappa shape index (κ1) is 16.4. The highest BCUT2D eigenvalue weighted by Crippen LogP contribution is 2.20. The quantitative estimate of drug-likeness (QED) is 0.739. The summed E-state index contributed by atoms with van der Waals surface area (Å²) in [7, 11) is 0. The van der Waals surface area contributed by atoms with E-state index in [1.807, 2.05) is 27.7 Å². The molecule has 0 amide bonds. The van der Waals surface area contributed by atoms with E-state index in [1.54, 1.807) is 0 Å². The average molecular weight is 203 g/mol. The maximum absolute atomic E-state index is 9.76. The van der Waals surface area contributed by atoms with Gasteiger partial charge in [-0.15, -0.1) is 0 Å². The summed E-state index contributed by atoms with van der Waals surface area (Å²) in [6.07, 6.45) is 4.24. The Bertz CT molecular complexity index is 98.5. The number of aliphatic hydroxyl groups is 1. The van der Waals surface area contributed by atoms with Crippen molar-refractivity contribution in [2.24, 2.45) is 0 Å². The molecule has 1 unspecified atom stereocenters. The second-order valence-corrected chi connectivity index (χ2v) is 3.25. The molecule has 1 aliphatic heterocycles. The molecule has 0 saturated carbocycles. The molecule has 1 aliphatic rings. The highest BCUT2D eigenvalue weighted by atomic mass is 16.3. The van der Waals surface area contributed by atoms with Crippen molar-refractivity contribution in [3.8, 4) is 0 Å². The molecule has 0 bridgehead atoms. The Kier molecular flexibility index (Phi) is 12.8. The molecule has 1 heterocycles. The lowest BCUT2D eigenvalue weighted by Gasteiger charge is -2.20. The van der Waals surface area contributed by atoms with Crippen molar-refractivity contribution in [2.75, 3.05) is 13.1 Å². The normalized spacial score (nSPS) is 24.4. The van der Waals surface area contributed by atoms with Crippen molar-refractivity contribution >= 4 is 0 Å². The number of β-amino-alcohol motifs (C(OH)–C–C–N with tert-alkyl or cyclic N) is 1. The van der Waals surface area contributed by atoms with Gasteiger partial charge >= 0.3 is 0 Å². The van der Waals surface area contributed by atoms with E-state index in [0.29, 0.717) is 0 Å². The van der Waals surface area contributed by atoms with Gasteiger partial charge in [0.1, 0.15) is 0 Å². The third-order valence-electron chi connectivity index (χ3n) is 2.22. The van der Waals surface area contributed by atoms with Crippen molar-refractivity contribution in [3.05, 3.63) is 0 Å². The fraction of sp³-hybridized carbons (Fsp3) is 1.00. The van der Waals surface area contributed by atoms with Crippen LogP contribution in [-0.4, -0.2) is 23.8 Å². The molecule has 0 aromatic heterocycles. The van der Waals surface area contributed by atoms with Crippen LogP contribution in [-0.2, 0) is 0 Å². The van der Waals surface area contributed by atoms with Crippen LogP contribution in [0.1, 0.15) is 60.3 Å². The van der Waals surface area contributed by atoms with Crippen molar-refractivity contribution in [1.82, 2.24) is 5.32 Å². The molecule has 0 aliphatic carbocycles. The molecule has 1 rings (SSSR count). The smallest absolute Gasteiger partial charge is 0.0783 e. The van der Waals surface area contributed by atoms with Gasteiger partial charge in [0.25, 0.3) is 0 Å². The molecule has 0 spiro atoms. The van der Waals surface area contributed by atoms with E-state index in [1.165, 1.54) is 6.42 Å². The summed E-state index contributed by atoms with van der Waals surface area (Å²) < 4.78 is 0. The van der Waals surface area contributed by atoms with Gasteiger partial charge in [0.2, 0.25) is 0 Å². The Morgan fingerprint density at radius 2 is 1.79 bits per heavy atom. The summed E-state index contributed by atoms with van der Waals surface area (Å²) in [4.78, 5) is 0. The summed E-state index contributed by atoms with van der Waals surface area (Å²) in [5.74, 6) is 0. The number of rotatable bonds is 3. The van der Waals surface area contributed by atoms with Gasteiger partial charge in [0.15, 0.2) is 0 Å². The summed E-state index contributed by atoms with van der Waals surface area (Å²) in [5.41, 5.74) is -0.365. The number of hydrogen-bond acceptors (Lipinski definition) is 2. The van der Waals surface area contributed by atoms with E-state index >= 15 is 0 Å². The van der Waals surface area contributed by atoms with Crippen LogP contribution in [0.25, 0.3) is 0 Å². The Morgan fingerprint density at radius 3 is 2.14 bits per heavy atom. The van der Waals surface area contributed by atoms with Gasteiger partial charge in [-0.2, -0.15) is 0 Å². The van der Waals surface area contributed by atoms with Crippen LogP contribution in [0.4, 0.5) is 0 Å². The van der Waals surface area contributed by atoms with E-state index in [-0.39, 0.29) is 5.60 Å². The molecule has 1 atom stereocenters. The van der Waals surface area contributed by atoms with Crippen LogP contribution < -0.4 is 5.32 Å². The van der Waals surface area contributed by atoms with Gasteiger partial charge in [-0.3, -0.25) is 0 Å². The standard InChI is InChI=1S/C8H17NO.2C2H6/c1-2-3-4-8(10)5-6-9-7-8;2*1-2/h9-10H,2-7H2,1H3;2*1-2H3. The predicted octanol–water partition coefficient (Wildman–Crippen LogP) is 2.95. The molecule has 0 aromatic rings. The van der Waals surface area contributed by atoms with Crippen molar-refractivity contribution in [2.45, 2.75) is 65.9 Å². The highest BCUT2D eigenvalue weighted by Gasteiger charge is 2.29. The average Bonchev–Trinajstić information content (AvgIpc) is 2.69. The Balaban J connectivity index is 0. The van der Waals surface area contributed by atoms with Gasteiger partial charge in [-0.05, 0) is 19.4 Å². The lowest BCUT2D eigenvalue weighted by Crippen LogP contribution is -2.30. The Morgan fingerprint density at radius 1 is 1.21 bits per heavy atom. The van der Waals surface area contributed by atoms with Gasteiger partial charge in [0.05, 0.1) is 5.60 Å². The summed E-state index contributed by atoms with van der Waals surface area (Å²) >= 11 is 0. The van der Waals surface area contributed by atoms with Gasteiger partial charge < -0.3 is 10.4 Å². The summed E-state index contributed by atoms with van der Waals surface area (Å²) in [6.45, 7) is 11.9. The molecule has 2 heteroatoms. The Labute approximate surface area is 90.1 Å². The minimum absolute atomic E-state index is 0.365. The third-order valence-corrected chi connectivity index (χ3v) is 2.22. The number of hydrogen-bond donors (Lipinski definition) is 2. The van der Waals surface area contributed by atoms with E-state index in [4.69, 9.17) is 0 Å². The van der Waals surface area contributed by atoms with Crippen LogP contribution in [0.5, 0.6) is 0 Å². The van der Waals surface area contributed by atoms with Gasteiger partial charge in [0, 0.05) is 6.54 Å². The number of unbranched alkanes of at least 4 members (excludes halogenated alkanes) is 1. The van der Waals surface area contributed by atoms with Crippen LogP contribution >= 0.6 is 0 Å². The second-order valence-electron chi connectivity index (χ2n) is 3.25. The topological polar surface area (TPSA) is 32.3 Å². The van der Waals surface area contributed by atoms with Crippen LogP contribution in [0.3, 0.4) is 0 Å². The minimum atomic E-state index is -0.365. The predicted molar refractivity (Wildman–Crippen MR) is 64.7 cm³/mol. The molecular weight excluding hydrogens is 174 g/mol. The van der Waals surface area contributed by atoms with Crippen LogP contribution in [0.15, 0.2) is 0 Å². The highest BCUT2D eigenvalue weighted by molar-refractivity contribution is 4.87. The molecule has 2 N–H and O–H groups in total. The lowest BCUT2D eigenvalue weighted by atomic mass is 9.96. The van der Waals surface area contributed by atoms with Crippen LogP contribution in [0, 0.1) is 0 Å². The molecule has 88 valence electrons. The van der Waals surface area contributed by atoms with E-state index < -0.39 is 0 Å². The zero-order valence-electron chi connectivity index (χ0n) is 10.7. The molecule has 0 radical (unpaired) electrons. The zero-order valence-corrected chi connectivity index (χ0v) is 10.7. The SMILES string of the molecule is CC.CC.CCCCC1(O)CCNC1. The summed E-state index contributed by atoms with van der Waals surface area (Å²) in [6, 6.07) is 0. The monoisotopic (exact) mass is 203 g/mol. The van der Waals surface area contributed by atoms with Gasteiger partial charge in [-0.1, -0.05) is 47.5 Å². The fourth-order valence-corrected chi connectivity index (χ4v) is 1.45. The first-order valence-corrected chi connectivity index (χ1v) is 6.20.